The van der Waals surface area contributed by atoms with Crippen molar-refractivity contribution in [3.05, 3.63) is 72.2 Å². The maximum absolute atomic E-state index is 12.6. The predicted molar refractivity (Wildman–Crippen MR) is 106 cm³/mol. The van der Waals surface area contributed by atoms with E-state index in [2.05, 4.69) is 20.5 Å². The fraction of sp³-hybridized carbons (Fsp3) is 0.190. The topological polar surface area (TPSA) is 96.7 Å². The van der Waals surface area contributed by atoms with Crippen LogP contribution in [0.15, 0.2) is 60.9 Å². The van der Waals surface area contributed by atoms with E-state index in [0.29, 0.717) is 6.42 Å². The fourth-order valence-electron chi connectivity index (χ4n) is 3.41. The molecule has 2 aromatic carbocycles. The highest BCUT2D eigenvalue weighted by atomic mass is 16.2. The summed E-state index contributed by atoms with van der Waals surface area (Å²) in [6.45, 7) is 1.96. The number of fused-ring (bicyclic) bond motifs is 2. The standard InChI is InChI=1S/C21H21N5O/c1-13(15-7-4-5-14-12-23-10-9-16(14)15)24-21(27)18(22)11-20-17-6-2-3-8-19(17)25-26-20/h2-10,12-13,18H,11,22H2,1H3,(H,24,27)(H,25,26)/t13-,18?/m1/s1. The van der Waals surface area contributed by atoms with E-state index in [4.69, 9.17) is 5.73 Å². The Morgan fingerprint density at radius 3 is 2.89 bits per heavy atom. The zero-order valence-electron chi connectivity index (χ0n) is 15.0. The van der Waals surface area contributed by atoms with Gasteiger partial charge in [0, 0.05) is 35.3 Å². The molecule has 0 fully saturated rings. The maximum Gasteiger partial charge on any atom is 0.237 e. The summed E-state index contributed by atoms with van der Waals surface area (Å²) in [6, 6.07) is 14.9. The number of benzene rings is 2. The summed E-state index contributed by atoms with van der Waals surface area (Å²) >= 11 is 0. The molecule has 1 amide bonds. The van der Waals surface area contributed by atoms with Gasteiger partial charge in [-0.1, -0.05) is 36.4 Å². The average molecular weight is 359 g/mol. The molecule has 4 aromatic rings. The largest absolute Gasteiger partial charge is 0.348 e. The third-order valence-electron chi connectivity index (χ3n) is 4.84. The molecule has 0 aliphatic carbocycles. The van der Waals surface area contributed by atoms with Crippen LogP contribution in [0.25, 0.3) is 21.7 Å². The fourth-order valence-corrected chi connectivity index (χ4v) is 3.41. The van der Waals surface area contributed by atoms with E-state index >= 15 is 0 Å². The van der Waals surface area contributed by atoms with Crippen LogP contribution in [0, 0.1) is 0 Å². The summed E-state index contributed by atoms with van der Waals surface area (Å²) < 4.78 is 0. The number of carbonyl (C=O) groups is 1. The molecule has 2 atom stereocenters. The monoisotopic (exact) mass is 359 g/mol. The summed E-state index contributed by atoms with van der Waals surface area (Å²) in [5.41, 5.74) is 8.96. The molecule has 4 N–H and O–H groups in total. The molecule has 0 saturated carbocycles. The number of nitrogens with one attached hydrogen (secondary N) is 2. The first kappa shape index (κ1) is 17.2. The first-order valence-corrected chi connectivity index (χ1v) is 8.94. The summed E-state index contributed by atoms with van der Waals surface area (Å²) in [6.07, 6.45) is 3.98. The number of nitrogens with two attached hydrogens (primary N) is 1. The number of H-pyrrole nitrogens is 1. The Kier molecular flexibility index (Phi) is 4.56. The molecule has 6 heteroatoms. The minimum Gasteiger partial charge on any atom is -0.348 e. The van der Waals surface area contributed by atoms with Gasteiger partial charge in [0.1, 0.15) is 0 Å². The predicted octanol–water partition coefficient (Wildman–Crippen LogP) is 2.86. The Morgan fingerprint density at radius 1 is 1.15 bits per heavy atom. The quantitative estimate of drug-likeness (QED) is 0.510. The van der Waals surface area contributed by atoms with Gasteiger partial charge in [-0.05, 0) is 30.0 Å². The number of pyridine rings is 1. The molecule has 2 aromatic heterocycles. The van der Waals surface area contributed by atoms with E-state index in [1.807, 2.05) is 61.7 Å². The number of carbonyl (C=O) groups excluding carboxylic acids is 1. The molecule has 0 spiro atoms. The second kappa shape index (κ2) is 7.17. The van der Waals surface area contributed by atoms with E-state index < -0.39 is 6.04 Å². The first-order valence-electron chi connectivity index (χ1n) is 8.94. The Labute approximate surface area is 156 Å². The molecule has 0 aliphatic heterocycles. The SMILES string of the molecule is C[C@@H](NC(=O)C(N)Cc1[nH]nc2ccccc12)c1cccc2cnccc12. The second-order valence-corrected chi connectivity index (χ2v) is 6.70. The van der Waals surface area contributed by atoms with Gasteiger partial charge in [0.05, 0.1) is 17.6 Å². The number of hydrogen-bond acceptors (Lipinski definition) is 4. The molecule has 27 heavy (non-hydrogen) atoms. The Morgan fingerprint density at radius 2 is 2.00 bits per heavy atom. The van der Waals surface area contributed by atoms with Gasteiger partial charge in [-0.15, -0.1) is 0 Å². The van der Waals surface area contributed by atoms with Crippen LogP contribution >= 0.6 is 0 Å². The molecular formula is C21H21N5O. The number of aromatic nitrogens is 3. The zero-order valence-corrected chi connectivity index (χ0v) is 15.0. The smallest absolute Gasteiger partial charge is 0.237 e. The van der Waals surface area contributed by atoms with Crippen LogP contribution < -0.4 is 11.1 Å². The van der Waals surface area contributed by atoms with Gasteiger partial charge in [0.15, 0.2) is 0 Å². The third-order valence-corrected chi connectivity index (χ3v) is 4.84. The highest BCUT2D eigenvalue weighted by Crippen LogP contribution is 2.23. The van der Waals surface area contributed by atoms with Crippen molar-refractivity contribution < 1.29 is 4.79 Å². The molecule has 6 nitrogen and oxygen atoms in total. The number of amides is 1. The Bertz CT molecular complexity index is 1100. The van der Waals surface area contributed by atoms with Crippen LogP contribution in [-0.4, -0.2) is 27.1 Å². The van der Waals surface area contributed by atoms with E-state index in [-0.39, 0.29) is 11.9 Å². The van der Waals surface area contributed by atoms with Crippen LogP contribution in [0.5, 0.6) is 0 Å². The van der Waals surface area contributed by atoms with Gasteiger partial charge in [-0.25, -0.2) is 0 Å². The van der Waals surface area contributed by atoms with Gasteiger partial charge in [0.2, 0.25) is 5.91 Å². The summed E-state index contributed by atoms with van der Waals surface area (Å²) in [5.74, 6) is -0.188. The number of hydrogen-bond donors (Lipinski definition) is 3. The molecule has 136 valence electrons. The van der Waals surface area contributed by atoms with Crippen molar-refractivity contribution in [2.75, 3.05) is 0 Å². The number of rotatable bonds is 5. The molecule has 1 unspecified atom stereocenters. The zero-order chi connectivity index (χ0) is 18.8. The summed E-state index contributed by atoms with van der Waals surface area (Å²) in [4.78, 5) is 16.8. The van der Waals surface area contributed by atoms with Gasteiger partial charge in [-0.2, -0.15) is 5.10 Å². The summed E-state index contributed by atoms with van der Waals surface area (Å²) in [5, 5.41) is 13.4. The van der Waals surface area contributed by atoms with Crippen molar-refractivity contribution in [3.8, 4) is 0 Å². The molecule has 0 aliphatic rings. The van der Waals surface area contributed by atoms with Crippen LogP contribution in [0.3, 0.4) is 0 Å². The highest BCUT2D eigenvalue weighted by molar-refractivity contribution is 5.87. The van der Waals surface area contributed by atoms with Crippen molar-refractivity contribution in [3.63, 3.8) is 0 Å². The van der Waals surface area contributed by atoms with E-state index in [9.17, 15) is 4.79 Å². The summed E-state index contributed by atoms with van der Waals surface area (Å²) in [7, 11) is 0. The molecule has 0 bridgehead atoms. The van der Waals surface area contributed by atoms with Crippen LogP contribution in [0.4, 0.5) is 0 Å². The lowest BCUT2D eigenvalue weighted by Gasteiger charge is -2.19. The van der Waals surface area contributed by atoms with Crippen molar-refractivity contribution in [1.82, 2.24) is 20.5 Å². The molecule has 2 heterocycles. The van der Waals surface area contributed by atoms with Gasteiger partial charge in [0.25, 0.3) is 0 Å². The maximum atomic E-state index is 12.6. The molecular weight excluding hydrogens is 338 g/mol. The molecule has 4 rings (SSSR count). The normalized spacial score (nSPS) is 13.6. The van der Waals surface area contributed by atoms with Crippen LogP contribution in [0.1, 0.15) is 24.2 Å². The van der Waals surface area contributed by atoms with Crippen LogP contribution in [0.2, 0.25) is 0 Å². The van der Waals surface area contributed by atoms with E-state index in [0.717, 1.165) is 32.9 Å². The lowest BCUT2D eigenvalue weighted by atomic mass is 10.0. The molecule has 0 radical (unpaired) electrons. The van der Waals surface area contributed by atoms with Crippen molar-refractivity contribution in [1.29, 1.82) is 0 Å². The Hall–Kier alpha value is -3.25. The minimum absolute atomic E-state index is 0.159. The van der Waals surface area contributed by atoms with E-state index in [1.54, 1.807) is 6.20 Å². The average Bonchev–Trinajstić information content (AvgIpc) is 3.10. The van der Waals surface area contributed by atoms with Gasteiger partial charge in [-0.3, -0.25) is 14.9 Å². The van der Waals surface area contributed by atoms with Crippen LogP contribution in [-0.2, 0) is 11.2 Å². The van der Waals surface area contributed by atoms with Crippen molar-refractivity contribution in [2.24, 2.45) is 5.73 Å². The first-order chi connectivity index (χ1) is 13.1. The lowest BCUT2D eigenvalue weighted by Crippen LogP contribution is -2.43. The highest BCUT2D eigenvalue weighted by Gasteiger charge is 2.20. The minimum atomic E-state index is -0.659. The van der Waals surface area contributed by atoms with Crippen molar-refractivity contribution in [2.45, 2.75) is 25.4 Å². The second-order valence-electron chi connectivity index (χ2n) is 6.70. The van der Waals surface area contributed by atoms with Crippen molar-refractivity contribution >= 4 is 27.6 Å². The number of aromatic amines is 1. The van der Waals surface area contributed by atoms with Gasteiger partial charge >= 0.3 is 0 Å². The van der Waals surface area contributed by atoms with Gasteiger partial charge < -0.3 is 11.1 Å². The lowest BCUT2D eigenvalue weighted by molar-refractivity contribution is -0.123. The van der Waals surface area contributed by atoms with E-state index in [1.165, 1.54) is 0 Å². The Balaban J connectivity index is 1.49. The number of nitrogens with zero attached hydrogens (tertiary/aromatic N) is 2. The third kappa shape index (κ3) is 3.39. The number of para-hydroxylation sites is 1. The molecule has 0 saturated heterocycles.